The number of aromatic nitrogens is 2. The minimum Gasteiger partial charge on any atom is -0.444 e. The fourth-order valence-electron chi connectivity index (χ4n) is 5.52. The van der Waals surface area contributed by atoms with Crippen molar-refractivity contribution in [3.8, 4) is 0 Å². The van der Waals surface area contributed by atoms with Gasteiger partial charge in [-0.15, -0.1) is 0 Å². The summed E-state index contributed by atoms with van der Waals surface area (Å²) in [6, 6.07) is 8.38. The van der Waals surface area contributed by atoms with Crippen molar-refractivity contribution < 1.29 is 9.53 Å². The van der Waals surface area contributed by atoms with E-state index in [1.807, 2.05) is 32.9 Å². The first kappa shape index (κ1) is 25.3. The van der Waals surface area contributed by atoms with Crippen LogP contribution >= 0.6 is 0 Å². The fourth-order valence-corrected chi connectivity index (χ4v) is 5.52. The third-order valence-corrected chi connectivity index (χ3v) is 7.32. The molecule has 1 fully saturated rings. The number of allylic oxidation sites excluding steroid dienone is 2. The van der Waals surface area contributed by atoms with Gasteiger partial charge in [0.15, 0.2) is 5.82 Å². The summed E-state index contributed by atoms with van der Waals surface area (Å²) in [5.41, 5.74) is 10.3. The lowest BCUT2D eigenvalue weighted by Crippen LogP contribution is -2.53. The number of amides is 1. The molecule has 2 aliphatic heterocycles. The van der Waals surface area contributed by atoms with Crippen LogP contribution in [0.15, 0.2) is 36.5 Å². The van der Waals surface area contributed by atoms with E-state index in [0.29, 0.717) is 5.82 Å². The summed E-state index contributed by atoms with van der Waals surface area (Å²) in [6.07, 6.45) is 9.83. The standard InChI is InChI=1S/C28H39N7O2/c1-28(2,3)37-27(36)31-20-14-17-34(18-15-20)35-25-23(13-12-22(32-25)19-9-6-5-7-10-19)33(4)26(35)21-11-8-16-30-24(21)29/h8-9,11-13,16,20,26H,5-7,10,14-15,17-18H2,1-4H3,(H2,29,30)(H,31,36). The van der Waals surface area contributed by atoms with E-state index in [-0.39, 0.29) is 18.3 Å². The van der Waals surface area contributed by atoms with Crippen molar-refractivity contribution in [1.29, 1.82) is 0 Å². The zero-order chi connectivity index (χ0) is 26.2. The first-order valence-electron chi connectivity index (χ1n) is 13.4. The molecule has 0 spiro atoms. The van der Waals surface area contributed by atoms with E-state index in [1.165, 1.54) is 18.4 Å². The van der Waals surface area contributed by atoms with Crippen molar-refractivity contribution in [2.24, 2.45) is 0 Å². The third kappa shape index (κ3) is 5.37. The van der Waals surface area contributed by atoms with Gasteiger partial charge >= 0.3 is 6.09 Å². The summed E-state index contributed by atoms with van der Waals surface area (Å²) in [5.74, 6) is 1.46. The van der Waals surface area contributed by atoms with Crippen molar-refractivity contribution in [1.82, 2.24) is 20.3 Å². The molecule has 0 aromatic carbocycles. The Morgan fingerprint density at radius 3 is 2.62 bits per heavy atom. The molecule has 0 radical (unpaired) electrons. The zero-order valence-electron chi connectivity index (χ0n) is 22.4. The average molecular weight is 506 g/mol. The van der Waals surface area contributed by atoms with Gasteiger partial charge < -0.3 is 20.7 Å². The number of carbonyl (C=O) groups excluding carboxylic acids is 1. The van der Waals surface area contributed by atoms with Crippen LogP contribution in [0, 0.1) is 0 Å². The molecule has 1 aliphatic carbocycles. The number of hydrazine groups is 1. The molecule has 2 aromatic heterocycles. The maximum atomic E-state index is 12.3. The van der Waals surface area contributed by atoms with Crippen molar-refractivity contribution in [3.63, 3.8) is 0 Å². The highest BCUT2D eigenvalue weighted by Crippen LogP contribution is 2.47. The third-order valence-electron chi connectivity index (χ3n) is 7.32. The Hall–Kier alpha value is -3.33. The molecule has 3 aliphatic rings. The largest absolute Gasteiger partial charge is 0.444 e. The fraction of sp³-hybridized carbons (Fsp3) is 0.536. The summed E-state index contributed by atoms with van der Waals surface area (Å²) in [5, 5.41) is 7.69. The van der Waals surface area contributed by atoms with Gasteiger partial charge in [-0.25, -0.2) is 19.8 Å². The van der Waals surface area contributed by atoms with Crippen LogP contribution in [-0.4, -0.2) is 52.9 Å². The SMILES string of the molecule is CN1c2ccc(C3=CCCCC3)nc2N(N2CCC(NC(=O)OC(C)(C)C)CC2)C1c1cccnc1N. The normalized spacial score (nSPS) is 21.0. The Labute approximate surface area is 219 Å². The average Bonchev–Trinajstić information content (AvgIpc) is 3.15. The van der Waals surface area contributed by atoms with E-state index in [9.17, 15) is 4.79 Å². The Morgan fingerprint density at radius 1 is 1.16 bits per heavy atom. The lowest BCUT2D eigenvalue weighted by molar-refractivity contribution is 0.0474. The van der Waals surface area contributed by atoms with Crippen molar-refractivity contribution in [3.05, 3.63) is 47.8 Å². The number of alkyl carbamates (subject to hydrolysis) is 1. The van der Waals surface area contributed by atoms with Crippen molar-refractivity contribution in [2.45, 2.75) is 77.1 Å². The molecule has 1 saturated heterocycles. The smallest absolute Gasteiger partial charge is 0.407 e. The molecule has 5 rings (SSSR count). The number of nitrogens with one attached hydrogen (secondary N) is 1. The number of carbonyl (C=O) groups is 1. The number of nitrogen functional groups attached to an aromatic ring is 1. The van der Waals surface area contributed by atoms with Gasteiger partial charge in [-0.1, -0.05) is 6.08 Å². The van der Waals surface area contributed by atoms with Crippen LogP contribution in [0.1, 0.15) is 76.7 Å². The highest BCUT2D eigenvalue weighted by atomic mass is 16.6. The van der Waals surface area contributed by atoms with Crippen molar-refractivity contribution >= 4 is 29.0 Å². The number of nitrogens with zero attached hydrogens (tertiary/aromatic N) is 5. The lowest BCUT2D eigenvalue weighted by Gasteiger charge is -2.42. The summed E-state index contributed by atoms with van der Waals surface area (Å²) >= 11 is 0. The highest BCUT2D eigenvalue weighted by molar-refractivity contribution is 5.78. The number of hydrogen-bond donors (Lipinski definition) is 2. The van der Waals surface area contributed by atoms with Crippen molar-refractivity contribution in [2.75, 3.05) is 35.8 Å². The second-order valence-electron chi connectivity index (χ2n) is 11.2. The lowest BCUT2D eigenvalue weighted by atomic mass is 9.97. The van der Waals surface area contributed by atoms with Gasteiger partial charge in [0.2, 0.25) is 0 Å². The predicted molar refractivity (Wildman–Crippen MR) is 147 cm³/mol. The van der Waals surface area contributed by atoms with Gasteiger partial charge in [0.05, 0.1) is 11.4 Å². The van der Waals surface area contributed by atoms with Gasteiger partial charge in [0.1, 0.15) is 17.6 Å². The van der Waals surface area contributed by atoms with E-state index in [0.717, 1.165) is 61.5 Å². The van der Waals surface area contributed by atoms with E-state index in [4.69, 9.17) is 15.5 Å². The number of pyridine rings is 2. The Morgan fingerprint density at radius 2 is 1.95 bits per heavy atom. The minimum atomic E-state index is -0.511. The van der Waals surface area contributed by atoms with Gasteiger partial charge in [-0.05, 0) is 89.1 Å². The van der Waals surface area contributed by atoms with E-state index < -0.39 is 5.60 Å². The molecule has 9 heteroatoms. The molecule has 4 heterocycles. The van der Waals surface area contributed by atoms with E-state index >= 15 is 0 Å². The number of nitrogens with two attached hydrogens (primary N) is 1. The van der Waals surface area contributed by atoms with Crippen LogP contribution < -0.4 is 21.0 Å². The summed E-state index contributed by atoms with van der Waals surface area (Å²) in [6.45, 7) is 7.19. The van der Waals surface area contributed by atoms with Crippen LogP contribution in [0.3, 0.4) is 0 Å². The molecule has 1 atom stereocenters. The zero-order valence-corrected chi connectivity index (χ0v) is 22.4. The second kappa shape index (κ2) is 10.2. The quantitative estimate of drug-likeness (QED) is 0.607. The number of piperidine rings is 1. The molecule has 2 aromatic rings. The summed E-state index contributed by atoms with van der Waals surface area (Å²) in [4.78, 5) is 24.2. The van der Waals surface area contributed by atoms with Crippen LogP contribution in [0.5, 0.6) is 0 Å². The number of fused-ring (bicyclic) bond motifs is 1. The number of anilines is 3. The minimum absolute atomic E-state index is 0.0690. The van der Waals surface area contributed by atoms with Gasteiger partial charge in [-0.2, -0.15) is 0 Å². The first-order chi connectivity index (χ1) is 17.7. The number of hydrogen-bond acceptors (Lipinski definition) is 8. The van der Waals surface area contributed by atoms with E-state index in [2.05, 4.69) is 50.5 Å². The molecule has 3 N–H and O–H groups in total. The predicted octanol–water partition coefficient (Wildman–Crippen LogP) is 4.88. The molecule has 1 unspecified atom stereocenters. The highest BCUT2D eigenvalue weighted by Gasteiger charge is 2.42. The van der Waals surface area contributed by atoms with E-state index in [1.54, 1.807) is 6.20 Å². The number of rotatable bonds is 4. The van der Waals surface area contributed by atoms with Crippen LogP contribution in [0.25, 0.3) is 5.57 Å². The van der Waals surface area contributed by atoms with Crippen LogP contribution in [0.4, 0.5) is 22.1 Å². The molecule has 37 heavy (non-hydrogen) atoms. The molecular weight excluding hydrogens is 466 g/mol. The Balaban J connectivity index is 1.42. The molecule has 0 bridgehead atoms. The Kier molecular flexibility index (Phi) is 6.98. The molecule has 198 valence electrons. The number of ether oxygens (including phenoxy) is 1. The van der Waals surface area contributed by atoms with Crippen LogP contribution in [0.2, 0.25) is 0 Å². The Bertz CT molecular complexity index is 1170. The topological polar surface area (TPSA) is 99.9 Å². The maximum absolute atomic E-state index is 12.3. The molecule has 0 saturated carbocycles. The first-order valence-corrected chi connectivity index (χ1v) is 13.4. The van der Waals surface area contributed by atoms with Gasteiger partial charge in [0.25, 0.3) is 0 Å². The van der Waals surface area contributed by atoms with Crippen LogP contribution in [-0.2, 0) is 4.74 Å². The molecule has 1 amide bonds. The second-order valence-corrected chi connectivity index (χ2v) is 11.2. The van der Waals surface area contributed by atoms with Gasteiger partial charge in [0, 0.05) is 37.9 Å². The summed E-state index contributed by atoms with van der Waals surface area (Å²) < 4.78 is 5.47. The van der Waals surface area contributed by atoms with Gasteiger partial charge in [-0.3, -0.25) is 5.01 Å². The maximum Gasteiger partial charge on any atom is 0.407 e. The molecular formula is C28H39N7O2. The summed E-state index contributed by atoms with van der Waals surface area (Å²) in [7, 11) is 2.09. The molecule has 9 nitrogen and oxygen atoms in total. The monoisotopic (exact) mass is 505 g/mol.